The number of benzene rings is 1. The lowest BCUT2D eigenvalue weighted by Crippen LogP contribution is -2.41. The first-order chi connectivity index (χ1) is 15.0. The van der Waals surface area contributed by atoms with Crippen LogP contribution in [0.4, 0.5) is 17.6 Å². The number of hydrogen-bond acceptors (Lipinski definition) is 6. The maximum Gasteiger partial charge on any atom is 0.209 e. The summed E-state index contributed by atoms with van der Waals surface area (Å²) in [5.41, 5.74) is 0.362. The van der Waals surface area contributed by atoms with E-state index in [2.05, 4.69) is 14.9 Å². The highest BCUT2D eigenvalue weighted by Crippen LogP contribution is 2.38. The third kappa shape index (κ3) is 4.56. The summed E-state index contributed by atoms with van der Waals surface area (Å²) in [6.07, 6.45) is -0.588. The Hall–Kier alpha value is -2.73. The van der Waals surface area contributed by atoms with Crippen molar-refractivity contribution >= 4 is 15.9 Å². The lowest BCUT2D eigenvalue weighted by atomic mass is 9.94. The Morgan fingerprint density at radius 3 is 2.59 bits per heavy atom. The molecule has 1 N–H and O–H groups in total. The van der Waals surface area contributed by atoms with Gasteiger partial charge in [-0.2, -0.15) is 0 Å². The molecule has 0 spiro atoms. The first-order valence-corrected chi connectivity index (χ1v) is 11.6. The first kappa shape index (κ1) is 22.5. The highest BCUT2D eigenvalue weighted by molar-refractivity contribution is 7.88. The smallest absolute Gasteiger partial charge is 0.209 e. The van der Waals surface area contributed by atoms with E-state index < -0.39 is 45.8 Å². The molecular weight excluding hydrogens is 452 g/mol. The highest BCUT2D eigenvalue weighted by Gasteiger charge is 2.39. The van der Waals surface area contributed by atoms with Crippen molar-refractivity contribution in [1.82, 2.24) is 14.6 Å². The average Bonchev–Trinajstić information content (AvgIpc) is 3.27. The number of alkyl halides is 1. The van der Waals surface area contributed by atoms with E-state index in [1.54, 1.807) is 6.92 Å². The zero-order chi connectivity index (χ0) is 23.2. The molecule has 0 bridgehead atoms. The van der Waals surface area contributed by atoms with Crippen LogP contribution in [0.5, 0.6) is 0 Å². The molecule has 0 saturated carbocycles. The molecule has 32 heavy (non-hydrogen) atoms. The quantitative estimate of drug-likeness (QED) is 0.692. The minimum atomic E-state index is -3.60. The predicted molar refractivity (Wildman–Crippen MR) is 108 cm³/mol. The SMILES string of the molecule is Cc1cc(F)c(C2CC(N3C[C@H](F)[C@H](NS(C)(=O)=O)C3)=NO2)c(-c2ncc(F)cc2F)c1. The maximum absolute atomic E-state index is 15.0. The van der Waals surface area contributed by atoms with Crippen LogP contribution in [0.1, 0.15) is 23.7 Å². The molecule has 0 aliphatic carbocycles. The van der Waals surface area contributed by atoms with Crippen LogP contribution in [0.3, 0.4) is 0 Å². The Morgan fingerprint density at radius 1 is 1.16 bits per heavy atom. The molecule has 1 fully saturated rings. The summed E-state index contributed by atoms with van der Waals surface area (Å²) >= 11 is 0. The Kier molecular flexibility index (Phi) is 5.84. The molecule has 3 heterocycles. The predicted octanol–water partition coefficient (Wildman–Crippen LogP) is 2.82. The Balaban J connectivity index is 1.59. The zero-order valence-corrected chi connectivity index (χ0v) is 18.0. The first-order valence-electron chi connectivity index (χ1n) is 9.72. The van der Waals surface area contributed by atoms with Crippen LogP contribution >= 0.6 is 0 Å². The van der Waals surface area contributed by atoms with Crippen molar-refractivity contribution in [3.63, 3.8) is 0 Å². The molecule has 1 unspecified atom stereocenters. The second kappa shape index (κ2) is 8.32. The maximum atomic E-state index is 15.0. The second-order valence-corrected chi connectivity index (χ2v) is 9.70. The number of sulfonamides is 1. The van der Waals surface area contributed by atoms with Gasteiger partial charge in [0.2, 0.25) is 10.0 Å². The Labute approximate surface area is 182 Å². The van der Waals surface area contributed by atoms with Crippen molar-refractivity contribution in [2.45, 2.75) is 31.7 Å². The molecule has 2 aromatic rings. The Morgan fingerprint density at radius 2 is 1.91 bits per heavy atom. The van der Waals surface area contributed by atoms with E-state index in [0.29, 0.717) is 17.5 Å². The number of aromatic nitrogens is 1. The van der Waals surface area contributed by atoms with Gasteiger partial charge in [0.25, 0.3) is 0 Å². The van der Waals surface area contributed by atoms with E-state index in [1.165, 1.54) is 17.0 Å². The van der Waals surface area contributed by atoms with Crippen LogP contribution < -0.4 is 4.72 Å². The van der Waals surface area contributed by atoms with Gasteiger partial charge in [0.1, 0.15) is 29.3 Å². The van der Waals surface area contributed by atoms with Crippen LogP contribution in [0.25, 0.3) is 11.3 Å². The van der Waals surface area contributed by atoms with Gasteiger partial charge in [0, 0.05) is 23.7 Å². The summed E-state index contributed by atoms with van der Waals surface area (Å²) < 4.78 is 82.1. The van der Waals surface area contributed by atoms with Crippen molar-refractivity contribution in [2.75, 3.05) is 19.3 Å². The number of nitrogens with zero attached hydrogens (tertiary/aromatic N) is 3. The summed E-state index contributed by atoms with van der Waals surface area (Å²) in [4.78, 5) is 10.7. The summed E-state index contributed by atoms with van der Waals surface area (Å²) in [6.45, 7) is 1.54. The van der Waals surface area contributed by atoms with E-state index in [4.69, 9.17) is 4.84 Å². The van der Waals surface area contributed by atoms with Gasteiger partial charge in [-0.05, 0) is 24.6 Å². The van der Waals surface area contributed by atoms with Crippen LogP contribution in [0.2, 0.25) is 0 Å². The van der Waals surface area contributed by atoms with Crippen molar-refractivity contribution in [3.05, 3.63) is 53.0 Å². The van der Waals surface area contributed by atoms with E-state index in [-0.39, 0.29) is 36.3 Å². The van der Waals surface area contributed by atoms with Crippen molar-refractivity contribution in [2.24, 2.45) is 5.16 Å². The lowest BCUT2D eigenvalue weighted by Gasteiger charge is -2.18. The standard InChI is InChI=1S/C20H20F4N4O3S/c1-10-3-12(20-14(23)5-11(21)7-25-20)19(13(22)4-10)17-6-18(26-31-17)28-8-15(24)16(9-28)27-32(2,29)30/h3-5,7,15-17,27H,6,8-9H2,1-2H3/t15-,16+,17?/m0/s1. The molecule has 172 valence electrons. The topological polar surface area (TPSA) is 83.9 Å². The molecule has 12 heteroatoms. The van der Waals surface area contributed by atoms with E-state index in [9.17, 15) is 26.0 Å². The highest BCUT2D eigenvalue weighted by atomic mass is 32.2. The number of oxime groups is 1. The van der Waals surface area contributed by atoms with Gasteiger partial charge in [0.05, 0.1) is 31.5 Å². The fourth-order valence-corrected chi connectivity index (χ4v) is 4.73. The van der Waals surface area contributed by atoms with Crippen LogP contribution in [0.15, 0.2) is 29.6 Å². The average molecular weight is 472 g/mol. The van der Waals surface area contributed by atoms with Crippen LogP contribution in [-0.4, -0.2) is 55.7 Å². The van der Waals surface area contributed by atoms with Gasteiger partial charge in [-0.3, -0.25) is 4.98 Å². The third-order valence-corrected chi connectivity index (χ3v) is 6.02. The van der Waals surface area contributed by atoms with E-state index >= 15 is 0 Å². The van der Waals surface area contributed by atoms with Crippen LogP contribution in [-0.2, 0) is 14.9 Å². The molecule has 3 atom stereocenters. The lowest BCUT2D eigenvalue weighted by molar-refractivity contribution is 0.0832. The van der Waals surface area contributed by atoms with Crippen molar-refractivity contribution < 1.29 is 30.8 Å². The summed E-state index contributed by atoms with van der Waals surface area (Å²) in [5.74, 6) is -2.18. The van der Waals surface area contributed by atoms with Crippen molar-refractivity contribution in [3.8, 4) is 11.3 Å². The number of hydrogen-bond donors (Lipinski definition) is 1. The number of nitrogens with one attached hydrogen (secondary N) is 1. The number of halogens is 4. The molecule has 2 aliphatic rings. The normalized spacial score (nSPS) is 23.4. The van der Waals surface area contributed by atoms with Gasteiger partial charge in [-0.25, -0.2) is 30.7 Å². The van der Waals surface area contributed by atoms with Gasteiger partial charge in [0.15, 0.2) is 11.9 Å². The second-order valence-electron chi connectivity index (χ2n) is 7.92. The molecule has 4 rings (SSSR count). The van der Waals surface area contributed by atoms with Crippen molar-refractivity contribution in [1.29, 1.82) is 0 Å². The fraction of sp³-hybridized carbons (Fsp3) is 0.400. The third-order valence-electron chi connectivity index (χ3n) is 5.29. The minimum absolute atomic E-state index is 0.00540. The number of rotatable bonds is 4. The number of pyridine rings is 1. The van der Waals surface area contributed by atoms with E-state index in [0.717, 1.165) is 12.5 Å². The monoisotopic (exact) mass is 472 g/mol. The van der Waals surface area contributed by atoms with Crippen LogP contribution in [0, 0.1) is 24.4 Å². The van der Waals surface area contributed by atoms with Gasteiger partial charge in [-0.1, -0.05) is 5.16 Å². The molecule has 1 aromatic carbocycles. The summed E-state index contributed by atoms with van der Waals surface area (Å²) in [7, 11) is -3.60. The molecule has 1 aromatic heterocycles. The molecule has 0 radical (unpaired) electrons. The molecule has 2 aliphatic heterocycles. The molecule has 1 saturated heterocycles. The van der Waals surface area contributed by atoms with Gasteiger partial charge >= 0.3 is 0 Å². The van der Waals surface area contributed by atoms with Gasteiger partial charge < -0.3 is 9.74 Å². The van der Waals surface area contributed by atoms with E-state index in [1.807, 2.05) is 0 Å². The van der Waals surface area contributed by atoms with Gasteiger partial charge in [-0.15, -0.1) is 0 Å². The molecule has 7 nitrogen and oxygen atoms in total. The number of likely N-dealkylation sites (tertiary alicyclic amines) is 1. The zero-order valence-electron chi connectivity index (χ0n) is 17.1. The molecular formula is C20H20F4N4O3S. The summed E-state index contributed by atoms with van der Waals surface area (Å²) in [5, 5.41) is 3.93. The number of aryl methyl sites for hydroxylation is 1. The largest absolute Gasteiger partial charge is 0.386 e. The minimum Gasteiger partial charge on any atom is -0.386 e. The Bertz CT molecular complexity index is 1190. The molecule has 0 amide bonds. The fourth-order valence-electron chi connectivity index (χ4n) is 3.96. The summed E-state index contributed by atoms with van der Waals surface area (Å²) in [6, 6.07) is 2.48. The number of amidine groups is 1.